The minimum absolute atomic E-state index is 0.0524. The molecule has 2 amide bonds. The molecule has 20 heavy (non-hydrogen) atoms. The average molecular weight is 277 g/mol. The summed E-state index contributed by atoms with van der Waals surface area (Å²) in [7, 11) is 0. The predicted molar refractivity (Wildman–Crippen MR) is 80.4 cm³/mol. The van der Waals surface area contributed by atoms with Crippen molar-refractivity contribution in [2.24, 2.45) is 0 Å². The predicted octanol–water partition coefficient (Wildman–Crippen LogP) is 1.61. The molecule has 1 unspecified atom stereocenters. The molecular weight excluding hydrogens is 254 g/mol. The van der Waals surface area contributed by atoms with E-state index in [1.54, 1.807) is 18.2 Å². The van der Waals surface area contributed by atoms with Crippen LogP contribution in [0.25, 0.3) is 0 Å². The van der Waals surface area contributed by atoms with Crippen LogP contribution in [0.4, 0.5) is 5.69 Å². The van der Waals surface area contributed by atoms with Crippen LogP contribution in [0, 0.1) is 6.92 Å². The maximum atomic E-state index is 11.9. The lowest BCUT2D eigenvalue weighted by atomic mass is 10.1. The number of aryl methyl sites for hydroxylation is 1. The fraction of sp³-hybridized carbons (Fsp3) is 0.467. The molecule has 0 spiro atoms. The molecule has 0 radical (unpaired) electrons. The zero-order chi connectivity index (χ0) is 15.1. The highest BCUT2D eigenvalue weighted by atomic mass is 16.2. The van der Waals surface area contributed by atoms with Crippen LogP contribution in [0.5, 0.6) is 0 Å². The Hall–Kier alpha value is -2.04. The molecule has 0 fully saturated rings. The Labute approximate surface area is 119 Å². The fourth-order valence-electron chi connectivity index (χ4n) is 1.78. The molecule has 0 bridgehead atoms. The molecule has 4 N–H and O–H groups in total. The van der Waals surface area contributed by atoms with Crippen molar-refractivity contribution in [2.75, 3.05) is 12.3 Å². The highest BCUT2D eigenvalue weighted by Gasteiger charge is 2.09. The molecule has 1 aromatic rings. The minimum Gasteiger partial charge on any atom is -0.399 e. The van der Waals surface area contributed by atoms with Gasteiger partial charge < -0.3 is 16.4 Å². The number of hydrogen-bond acceptors (Lipinski definition) is 3. The zero-order valence-electron chi connectivity index (χ0n) is 12.3. The second kappa shape index (κ2) is 7.53. The van der Waals surface area contributed by atoms with Gasteiger partial charge in [-0.05, 0) is 44.0 Å². The van der Waals surface area contributed by atoms with E-state index in [0.29, 0.717) is 17.8 Å². The van der Waals surface area contributed by atoms with Crippen LogP contribution in [0.2, 0.25) is 0 Å². The van der Waals surface area contributed by atoms with Gasteiger partial charge in [-0.2, -0.15) is 0 Å². The Morgan fingerprint density at radius 2 is 2.00 bits per heavy atom. The summed E-state index contributed by atoms with van der Waals surface area (Å²) in [6.07, 6.45) is 1.16. The first kappa shape index (κ1) is 16.0. The largest absolute Gasteiger partial charge is 0.399 e. The number of carbonyl (C=O) groups excluding carboxylic acids is 2. The van der Waals surface area contributed by atoms with Crippen LogP contribution < -0.4 is 16.4 Å². The summed E-state index contributed by atoms with van der Waals surface area (Å²) in [6, 6.07) is 5.36. The van der Waals surface area contributed by atoms with Crippen LogP contribution >= 0.6 is 0 Å². The van der Waals surface area contributed by atoms with Gasteiger partial charge in [-0.1, -0.05) is 6.92 Å². The highest BCUT2D eigenvalue weighted by Crippen LogP contribution is 2.10. The Morgan fingerprint density at radius 3 is 2.60 bits per heavy atom. The number of anilines is 1. The Balaban J connectivity index is 2.42. The number of hydrogen-bond donors (Lipinski definition) is 3. The van der Waals surface area contributed by atoms with E-state index in [9.17, 15) is 9.59 Å². The standard InChI is InChI=1S/C15H23N3O2/c1-4-11(3)18-14(19)5-6-17-15(20)12-7-10(2)8-13(16)9-12/h7-9,11H,4-6,16H2,1-3H3,(H,17,20)(H,18,19). The molecular formula is C15H23N3O2. The lowest BCUT2D eigenvalue weighted by Gasteiger charge is -2.11. The third kappa shape index (κ3) is 5.30. The topological polar surface area (TPSA) is 84.2 Å². The molecule has 5 heteroatoms. The molecule has 0 aliphatic heterocycles. The van der Waals surface area contributed by atoms with Crippen molar-refractivity contribution in [1.29, 1.82) is 0 Å². The summed E-state index contributed by atoms with van der Waals surface area (Å²) in [6.45, 7) is 6.16. The number of rotatable bonds is 6. The maximum absolute atomic E-state index is 11.9. The highest BCUT2D eigenvalue weighted by molar-refractivity contribution is 5.95. The number of nitrogens with two attached hydrogens (primary N) is 1. The van der Waals surface area contributed by atoms with Crippen molar-refractivity contribution in [3.8, 4) is 0 Å². The van der Waals surface area contributed by atoms with Crippen LogP contribution in [0.1, 0.15) is 42.6 Å². The molecule has 0 saturated heterocycles. The van der Waals surface area contributed by atoms with E-state index < -0.39 is 0 Å². The van der Waals surface area contributed by atoms with Crippen LogP contribution in [0.3, 0.4) is 0 Å². The number of nitrogens with one attached hydrogen (secondary N) is 2. The Bertz CT molecular complexity index is 466. The summed E-state index contributed by atoms with van der Waals surface area (Å²) in [5.74, 6) is -0.264. The number of amides is 2. The lowest BCUT2D eigenvalue weighted by Crippen LogP contribution is -2.35. The molecule has 0 heterocycles. The number of benzene rings is 1. The molecule has 1 rings (SSSR count). The van der Waals surface area contributed by atoms with E-state index in [1.807, 2.05) is 20.8 Å². The molecule has 1 atom stereocenters. The molecule has 0 saturated carbocycles. The summed E-state index contributed by atoms with van der Waals surface area (Å²) >= 11 is 0. The average Bonchev–Trinajstić information content (AvgIpc) is 2.37. The van der Waals surface area contributed by atoms with Gasteiger partial charge in [0.2, 0.25) is 5.91 Å². The van der Waals surface area contributed by atoms with E-state index in [4.69, 9.17) is 5.73 Å². The van der Waals surface area contributed by atoms with Gasteiger partial charge in [0.05, 0.1) is 0 Å². The summed E-state index contributed by atoms with van der Waals surface area (Å²) in [5, 5.41) is 5.57. The summed E-state index contributed by atoms with van der Waals surface area (Å²) < 4.78 is 0. The van der Waals surface area contributed by atoms with E-state index >= 15 is 0 Å². The van der Waals surface area contributed by atoms with Crippen molar-refractivity contribution in [3.05, 3.63) is 29.3 Å². The van der Waals surface area contributed by atoms with Gasteiger partial charge in [-0.25, -0.2) is 0 Å². The normalized spacial score (nSPS) is 11.8. The first-order chi connectivity index (χ1) is 9.42. The molecule has 110 valence electrons. The van der Waals surface area contributed by atoms with Gasteiger partial charge >= 0.3 is 0 Å². The summed E-state index contributed by atoms with van der Waals surface area (Å²) in [5.41, 5.74) is 7.71. The molecule has 0 aromatic heterocycles. The zero-order valence-corrected chi connectivity index (χ0v) is 12.3. The molecule has 1 aromatic carbocycles. The van der Waals surface area contributed by atoms with E-state index in [-0.39, 0.29) is 24.3 Å². The van der Waals surface area contributed by atoms with Crippen molar-refractivity contribution in [3.63, 3.8) is 0 Å². The first-order valence-corrected chi connectivity index (χ1v) is 6.87. The molecule has 0 aliphatic rings. The monoisotopic (exact) mass is 277 g/mol. The van der Waals surface area contributed by atoms with Crippen molar-refractivity contribution < 1.29 is 9.59 Å². The summed E-state index contributed by atoms with van der Waals surface area (Å²) in [4.78, 5) is 23.5. The van der Waals surface area contributed by atoms with Gasteiger partial charge in [0.25, 0.3) is 5.91 Å². The van der Waals surface area contributed by atoms with Gasteiger partial charge in [-0.15, -0.1) is 0 Å². The van der Waals surface area contributed by atoms with Crippen LogP contribution in [-0.2, 0) is 4.79 Å². The molecule has 0 aliphatic carbocycles. The molecule has 5 nitrogen and oxygen atoms in total. The SMILES string of the molecule is CCC(C)NC(=O)CCNC(=O)c1cc(C)cc(N)c1. The van der Waals surface area contributed by atoms with Crippen LogP contribution in [0.15, 0.2) is 18.2 Å². The fourth-order valence-corrected chi connectivity index (χ4v) is 1.78. The van der Waals surface area contributed by atoms with Gasteiger partial charge in [-0.3, -0.25) is 9.59 Å². The van der Waals surface area contributed by atoms with Crippen LogP contribution in [-0.4, -0.2) is 24.4 Å². The van der Waals surface area contributed by atoms with E-state index in [1.165, 1.54) is 0 Å². The quantitative estimate of drug-likeness (QED) is 0.691. The van der Waals surface area contributed by atoms with Crippen molar-refractivity contribution in [2.45, 2.75) is 39.7 Å². The number of carbonyl (C=O) groups is 2. The second-order valence-electron chi connectivity index (χ2n) is 5.02. The third-order valence-electron chi connectivity index (χ3n) is 3.02. The lowest BCUT2D eigenvalue weighted by molar-refractivity contribution is -0.121. The maximum Gasteiger partial charge on any atom is 0.251 e. The van der Waals surface area contributed by atoms with E-state index in [0.717, 1.165) is 12.0 Å². The second-order valence-corrected chi connectivity index (χ2v) is 5.02. The van der Waals surface area contributed by atoms with Crippen molar-refractivity contribution in [1.82, 2.24) is 10.6 Å². The Kier molecular flexibility index (Phi) is 6.03. The van der Waals surface area contributed by atoms with Crippen molar-refractivity contribution >= 4 is 17.5 Å². The smallest absolute Gasteiger partial charge is 0.251 e. The first-order valence-electron chi connectivity index (χ1n) is 6.87. The third-order valence-corrected chi connectivity index (χ3v) is 3.02. The Morgan fingerprint density at radius 1 is 1.30 bits per heavy atom. The van der Waals surface area contributed by atoms with Gasteiger partial charge in [0.15, 0.2) is 0 Å². The van der Waals surface area contributed by atoms with Gasteiger partial charge in [0, 0.05) is 30.3 Å². The van der Waals surface area contributed by atoms with E-state index in [2.05, 4.69) is 10.6 Å². The minimum atomic E-state index is -0.211. The van der Waals surface area contributed by atoms with Gasteiger partial charge in [0.1, 0.15) is 0 Å². The number of nitrogen functional groups attached to an aromatic ring is 1.